The van der Waals surface area contributed by atoms with Gasteiger partial charge in [0, 0.05) is 12.8 Å². The Morgan fingerprint density at radius 3 is 2.50 bits per heavy atom. The summed E-state index contributed by atoms with van der Waals surface area (Å²) >= 11 is 5.42. The third kappa shape index (κ3) is 3.38. The molecule has 0 heterocycles. The Morgan fingerprint density at radius 1 is 1.57 bits per heavy atom. The van der Waals surface area contributed by atoms with Crippen molar-refractivity contribution in [1.82, 2.24) is 0 Å². The second-order valence-electron chi connectivity index (χ2n) is 2.48. The Morgan fingerprint density at radius 2 is 2.14 bits per heavy atom. The zero-order valence-corrected chi connectivity index (χ0v) is 9.26. The van der Waals surface area contributed by atoms with Gasteiger partial charge in [-0.05, 0) is 13.8 Å². The number of hydrogen-bond donors (Lipinski definition) is 1. The van der Waals surface area contributed by atoms with E-state index in [0.29, 0.717) is 5.71 Å². The summed E-state index contributed by atoms with van der Waals surface area (Å²) in [5, 5.41) is 9.38. The Labute approximate surface area is 88.2 Å². The first-order valence-corrected chi connectivity index (χ1v) is 4.70. The molecular formula is C9H14ClNO3. The van der Waals surface area contributed by atoms with Crippen LogP contribution in [0.5, 0.6) is 0 Å². The van der Waals surface area contributed by atoms with E-state index in [-0.39, 0.29) is 23.8 Å². The molecule has 0 rings (SSSR count). The van der Waals surface area contributed by atoms with E-state index in [2.05, 4.69) is 4.99 Å². The van der Waals surface area contributed by atoms with Crippen LogP contribution in [0.2, 0.25) is 0 Å². The summed E-state index contributed by atoms with van der Waals surface area (Å²) in [6.45, 7) is 3.54. The molecule has 14 heavy (non-hydrogen) atoms. The van der Waals surface area contributed by atoms with Crippen LogP contribution in [-0.4, -0.2) is 36.3 Å². The van der Waals surface area contributed by atoms with Gasteiger partial charge in [0.05, 0.1) is 12.5 Å². The predicted octanol–water partition coefficient (Wildman–Crippen LogP) is 1.69. The number of aliphatic imine (C=N–C) groups is 1. The molecule has 0 aliphatic carbocycles. The number of carbonyl (C=O) groups excluding carboxylic acids is 1. The van der Waals surface area contributed by atoms with Crippen LogP contribution >= 0.6 is 11.6 Å². The fraction of sp³-hybridized carbons (Fsp3) is 0.556. The first kappa shape index (κ1) is 13.0. The van der Waals surface area contributed by atoms with E-state index in [1.54, 1.807) is 13.8 Å². The van der Waals surface area contributed by atoms with Crippen molar-refractivity contribution >= 4 is 23.3 Å². The highest BCUT2D eigenvalue weighted by Gasteiger charge is 2.18. The van der Waals surface area contributed by atoms with Gasteiger partial charge >= 0.3 is 5.97 Å². The molecule has 0 fully saturated rings. The third-order valence-corrected chi connectivity index (χ3v) is 1.85. The SMILES string of the molecule is CCOC(=O)/C(C(C)=NC)=C(/O)CCl. The fourth-order valence-electron chi connectivity index (χ4n) is 0.856. The molecule has 5 heteroatoms. The van der Waals surface area contributed by atoms with Gasteiger partial charge in [0.1, 0.15) is 11.3 Å². The zero-order chi connectivity index (χ0) is 11.1. The number of nitrogens with zero attached hydrogens (tertiary/aromatic N) is 1. The Bertz CT molecular complexity index is 271. The number of halogens is 1. The molecule has 1 N–H and O–H groups in total. The maximum atomic E-state index is 11.4. The monoisotopic (exact) mass is 219 g/mol. The first-order valence-electron chi connectivity index (χ1n) is 4.17. The number of rotatable bonds is 4. The summed E-state index contributed by atoms with van der Waals surface area (Å²) in [7, 11) is 1.52. The highest BCUT2D eigenvalue weighted by Crippen LogP contribution is 2.08. The van der Waals surface area contributed by atoms with Crippen molar-refractivity contribution in [3.05, 3.63) is 11.3 Å². The first-order chi connectivity index (χ1) is 6.58. The van der Waals surface area contributed by atoms with Crippen LogP contribution in [0.25, 0.3) is 0 Å². The van der Waals surface area contributed by atoms with Gasteiger partial charge in [-0.25, -0.2) is 4.79 Å². The largest absolute Gasteiger partial charge is 0.510 e. The number of aliphatic hydroxyl groups is 1. The van der Waals surface area contributed by atoms with Gasteiger partial charge in [0.25, 0.3) is 0 Å². The van der Waals surface area contributed by atoms with Gasteiger partial charge in [0.15, 0.2) is 0 Å². The molecule has 0 atom stereocenters. The van der Waals surface area contributed by atoms with Crippen molar-refractivity contribution in [3.63, 3.8) is 0 Å². The lowest BCUT2D eigenvalue weighted by Crippen LogP contribution is -2.17. The van der Waals surface area contributed by atoms with Crippen molar-refractivity contribution in [2.75, 3.05) is 19.5 Å². The molecule has 0 saturated heterocycles. The average Bonchev–Trinajstić information content (AvgIpc) is 2.17. The molecule has 0 unspecified atom stereocenters. The van der Waals surface area contributed by atoms with E-state index < -0.39 is 5.97 Å². The smallest absolute Gasteiger partial charge is 0.343 e. The van der Waals surface area contributed by atoms with Crippen LogP contribution in [0.4, 0.5) is 0 Å². The summed E-state index contributed by atoms with van der Waals surface area (Å²) in [4.78, 5) is 15.2. The zero-order valence-electron chi connectivity index (χ0n) is 8.50. The summed E-state index contributed by atoms with van der Waals surface area (Å²) < 4.78 is 4.75. The van der Waals surface area contributed by atoms with Gasteiger partial charge in [-0.1, -0.05) is 0 Å². The van der Waals surface area contributed by atoms with Gasteiger partial charge < -0.3 is 9.84 Å². The highest BCUT2D eigenvalue weighted by atomic mass is 35.5. The summed E-state index contributed by atoms with van der Waals surface area (Å²) in [5.41, 5.74) is 0.450. The van der Waals surface area contributed by atoms with Crippen LogP contribution in [0.1, 0.15) is 13.8 Å². The van der Waals surface area contributed by atoms with E-state index >= 15 is 0 Å². The van der Waals surface area contributed by atoms with Crippen molar-refractivity contribution in [2.45, 2.75) is 13.8 Å². The van der Waals surface area contributed by atoms with E-state index in [0.717, 1.165) is 0 Å². The minimum Gasteiger partial charge on any atom is -0.510 e. The molecule has 0 aromatic heterocycles. The maximum absolute atomic E-state index is 11.4. The Hall–Kier alpha value is -1.03. The molecule has 4 nitrogen and oxygen atoms in total. The van der Waals surface area contributed by atoms with E-state index in [9.17, 15) is 9.90 Å². The van der Waals surface area contributed by atoms with Crippen molar-refractivity contribution in [3.8, 4) is 0 Å². The van der Waals surface area contributed by atoms with Crippen LogP contribution in [0.3, 0.4) is 0 Å². The van der Waals surface area contributed by atoms with E-state index in [1.165, 1.54) is 7.05 Å². The van der Waals surface area contributed by atoms with Crippen LogP contribution < -0.4 is 0 Å². The quantitative estimate of drug-likeness (QED) is 0.257. The molecule has 0 radical (unpaired) electrons. The molecule has 0 spiro atoms. The summed E-state index contributed by atoms with van der Waals surface area (Å²) in [6, 6.07) is 0. The van der Waals surface area contributed by atoms with Gasteiger partial charge in [-0.15, -0.1) is 11.6 Å². The average molecular weight is 220 g/mol. The van der Waals surface area contributed by atoms with Gasteiger partial charge in [-0.2, -0.15) is 0 Å². The van der Waals surface area contributed by atoms with Crippen molar-refractivity contribution < 1.29 is 14.6 Å². The predicted molar refractivity (Wildman–Crippen MR) is 56.0 cm³/mol. The summed E-state index contributed by atoms with van der Waals surface area (Å²) in [5.74, 6) is -0.956. The van der Waals surface area contributed by atoms with Gasteiger partial charge in [0.2, 0.25) is 0 Å². The molecular weight excluding hydrogens is 206 g/mol. The lowest BCUT2D eigenvalue weighted by molar-refractivity contribution is -0.138. The number of aliphatic hydroxyl groups excluding tert-OH is 1. The molecule has 0 aliphatic heterocycles. The minimum atomic E-state index is -0.603. The van der Waals surface area contributed by atoms with E-state index in [1.807, 2.05) is 0 Å². The Balaban J connectivity index is 5.02. The third-order valence-electron chi connectivity index (χ3n) is 1.59. The molecule has 0 aromatic rings. The molecule has 0 bridgehead atoms. The topological polar surface area (TPSA) is 58.9 Å². The summed E-state index contributed by atoms with van der Waals surface area (Å²) in [6.07, 6.45) is 0. The number of allylic oxidation sites excluding steroid dienone is 1. The van der Waals surface area contributed by atoms with Crippen molar-refractivity contribution in [1.29, 1.82) is 0 Å². The van der Waals surface area contributed by atoms with Crippen LogP contribution in [0, 0.1) is 0 Å². The van der Waals surface area contributed by atoms with Crippen molar-refractivity contribution in [2.24, 2.45) is 4.99 Å². The Kier molecular flexibility index (Phi) is 5.95. The lowest BCUT2D eigenvalue weighted by Gasteiger charge is -2.07. The number of hydrogen-bond acceptors (Lipinski definition) is 4. The maximum Gasteiger partial charge on any atom is 0.343 e. The number of ether oxygens (including phenoxy) is 1. The van der Waals surface area contributed by atoms with Crippen LogP contribution in [0.15, 0.2) is 16.3 Å². The molecule has 0 saturated carbocycles. The minimum absolute atomic E-state index is 0.0457. The fourth-order valence-corrected chi connectivity index (χ4v) is 0.990. The second kappa shape index (κ2) is 6.43. The molecule has 80 valence electrons. The normalized spacial score (nSPS) is 13.6. The highest BCUT2D eigenvalue weighted by molar-refractivity contribution is 6.23. The molecule has 0 aliphatic rings. The number of esters is 1. The number of alkyl halides is 1. The van der Waals surface area contributed by atoms with Gasteiger partial charge in [-0.3, -0.25) is 4.99 Å². The van der Waals surface area contributed by atoms with Crippen LogP contribution in [-0.2, 0) is 9.53 Å². The number of carbonyl (C=O) groups is 1. The second-order valence-corrected chi connectivity index (χ2v) is 2.75. The van der Waals surface area contributed by atoms with E-state index in [4.69, 9.17) is 16.3 Å². The lowest BCUT2D eigenvalue weighted by atomic mass is 10.1. The molecule has 0 aromatic carbocycles. The standard InChI is InChI=1S/C9H14ClNO3/c1-4-14-9(13)8(6(2)11-3)7(12)5-10/h12H,4-5H2,1-3H3/b8-7+,11-6?. The molecule has 0 amide bonds.